The van der Waals surface area contributed by atoms with E-state index in [2.05, 4.69) is 10.5 Å². The number of anilines is 1. The second-order valence-corrected chi connectivity index (χ2v) is 8.66. The number of non-ortho nitro benzene ring substituents is 1. The van der Waals surface area contributed by atoms with Gasteiger partial charge in [0.25, 0.3) is 21.6 Å². The van der Waals surface area contributed by atoms with Gasteiger partial charge >= 0.3 is 0 Å². The van der Waals surface area contributed by atoms with Gasteiger partial charge in [-0.25, -0.2) is 13.8 Å². The average molecular weight is 484 g/mol. The second-order valence-electron chi connectivity index (χ2n) is 6.79. The average Bonchev–Trinajstić information content (AvgIpc) is 2.84. The number of phenols is 1. The topological polar surface area (TPSA) is 151 Å². The van der Waals surface area contributed by atoms with Crippen LogP contribution in [0.15, 0.2) is 82.8 Å². The molecule has 3 aromatic rings. The van der Waals surface area contributed by atoms with E-state index < -0.39 is 27.4 Å². The van der Waals surface area contributed by atoms with Crippen molar-refractivity contribution in [2.24, 2.45) is 5.10 Å². The summed E-state index contributed by atoms with van der Waals surface area (Å²) in [6.07, 6.45) is 1.17. The number of carbonyl (C=O) groups excluding carboxylic acids is 1. The first-order valence-corrected chi connectivity index (χ1v) is 11.2. The van der Waals surface area contributed by atoms with Gasteiger partial charge in [-0.2, -0.15) is 5.10 Å². The highest BCUT2D eigenvalue weighted by Crippen LogP contribution is 2.28. The third-order valence-corrected chi connectivity index (χ3v) is 6.38. The van der Waals surface area contributed by atoms with Gasteiger partial charge in [-0.15, -0.1) is 0 Å². The maximum Gasteiger partial charge on any atom is 0.271 e. The number of nitro groups is 1. The van der Waals surface area contributed by atoms with Crippen LogP contribution in [0.2, 0.25) is 0 Å². The molecule has 0 radical (unpaired) electrons. The van der Waals surface area contributed by atoms with Gasteiger partial charge in [0, 0.05) is 17.7 Å². The third kappa shape index (κ3) is 5.48. The highest BCUT2D eigenvalue weighted by atomic mass is 32.2. The van der Waals surface area contributed by atoms with Crippen molar-refractivity contribution in [2.75, 3.05) is 18.0 Å². The van der Waals surface area contributed by atoms with Gasteiger partial charge in [-0.1, -0.05) is 30.3 Å². The van der Waals surface area contributed by atoms with Crippen molar-refractivity contribution in [1.29, 1.82) is 0 Å². The molecule has 0 aliphatic heterocycles. The summed E-state index contributed by atoms with van der Waals surface area (Å²) in [6, 6.07) is 17.0. The zero-order valence-electron chi connectivity index (χ0n) is 17.9. The quantitative estimate of drug-likeness (QED) is 0.269. The molecule has 2 N–H and O–H groups in total. The molecular weight excluding hydrogens is 464 g/mol. The smallest absolute Gasteiger partial charge is 0.271 e. The minimum Gasteiger partial charge on any atom is -0.504 e. The second kappa shape index (κ2) is 10.4. The lowest BCUT2D eigenvalue weighted by Crippen LogP contribution is -2.39. The molecule has 0 unspecified atom stereocenters. The Kier molecular flexibility index (Phi) is 7.43. The molecule has 0 aliphatic rings. The Morgan fingerprint density at radius 2 is 1.85 bits per heavy atom. The minimum absolute atomic E-state index is 0.0670. The number of benzene rings is 3. The van der Waals surface area contributed by atoms with Gasteiger partial charge in [-0.3, -0.25) is 19.2 Å². The van der Waals surface area contributed by atoms with Gasteiger partial charge in [0.1, 0.15) is 6.54 Å². The molecule has 1 amide bonds. The van der Waals surface area contributed by atoms with Gasteiger partial charge in [-0.05, 0) is 30.3 Å². The van der Waals surface area contributed by atoms with E-state index in [0.29, 0.717) is 0 Å². The predicted molar refractivity (Wildman–Crippen MR) is 124 cm³/mol. The van der Waals surface area contributed by atoms with Gasteiger partial charge in [0.15, 0.2) is 11.5 Å². The Hall–Kier alpha value is -4.45. The zero-order chi connectivity index (χ0) is 24.7. The van der Waals surface area contributed by atoms with E-state index >= 15 is 0 Å². The summed E-state index contributed by atoms with van der Waals surface area (Å²) in [5, 5.41) is 25.0. The summed E-state index contributed by atoms with van der Waals surface area (Å²) < 4.78 is 32.3. The van der Waals surface area contributed by atoms with Gasteiger partial charge in [0.2, 0.25) is 0 Å². The number of nitrogens with zero attached hydrogens (tertiary/aromatic N) is 3. The van der Waals surface area contributed by atoms with E-state index in [-0.39, 0.29) is 33.3 Å². The molecule has 0 heterocycles. The number of nitrogens with one attached hydrogen (secondary N) is 1. The Labute approximate surface area is 195 Å². The molecule has 0 aromatic heterocycles. The van der Waals surface area contributed by atoms with E-state index in [1.165, 1.54) is 67.9 Å². The number of ether oxygens (including phenoxy) is 1. The first-order chi connectivity index (χ1) is 16.2. The Morgan fingerprint density at radius 3 is 2.53 bits per heavy atom. The summed E-state index contributed by atoms with van der Waals surface area (Å²) in [6.45, 7) is -0.709. The summed E-state index contributed by atoms with van der Waals surface area (Å²) in [5.41, 5.74) is 2.05. The van der Waals surface area contributed by atoms with Crippen molar-refractivity contribution < 1.29 is 28.0 Å². The van der Waals surface area contributed by atoms with Crippen molar-refractivity contribution in [3.05, 3.63) is 88.5 Å². The number of hydrogen-bond donors (Lipinski definition) is 2. The molecule has 12 heteroatoms. The number of aromatic hydroxyl groups is 1. The molecule has 0 atom stereocenters. The highest BCUT2D eigenvalue weighted by Gasteiger charge is 2.28. The van der Waals surface area contributed by atoms with Crippen LogP contribution in [0, 0.1) is 10.1 Å². The first-order valence-electron chi connectivity index (χ1n) is 9.74. The minimum atomic E-state index is -4.24. The Bertz CT molecular complexity index is 1330. The molecule has 11 nitrogen and oxygen atoms in total. The molecule has 34 heavy (non-hydrogen) atoms. The third-order valence-electron chi connectivity index (χ3n) is 4.59. The number of phenolic OH excluding ortho intramolecular Hbond substituents is 1. The molecule has 0 aliphatic carbocycles. The number of hydrogen-bond acceptors (Lipinski definition) is 8. The van der Waals surface area contributed by atoms with Crippen molar-refractivity contribution in [3.63, 3.8) is 0 Å². The fourth-order valence-electron chi connectivity index (χ4n) is 2.94. The molecule has 3 rings (SSSR count). The van der Waals surface area contributed by atoms with Crippen molar-refractivity contribution in [1.82, 2.24) is 5.43 Å². The largest absolute Gasteiger partial charge is 0.504 e. The predicted octanol–water partition coefficient (Wildman–Crippen LogP) is 2.65. The fourth-order valence-corrected chi connectivity index (χ4v) is 4.38. The number of nitro benzene ring substituents is 1. The lowest BCUT2D eigenvalue weighted by molar-refractivity contribution is -0.384. The van der Waals surface area contributed by atoms with Gasteiger partial charge < -0.3 is 9.84 Å². The number of amides is 1. The zero-order valence-corrected chi connectivity index (χ0v) is 18.7. The van der Waals surface area contributed by atoms with Crippen LogP contribution < -0.4 is 14.5 Å². The van der Waals surface area contributed by atoms with Crippen LogP contribution in [0.25, 0.3) is 0 Å². The Balaban J connectivity index is 1.88. The molecule has 0 saturated carbocycles. The normalized spacial score (nSPS) is 11.2. The fraction of sp³-hybridized carbons (Fsp3) is 0.0909. The van der Waals surface area contributed by atoms with Crippen molar-refractivity contribution in [2.45, 2.75) is 4.90 Å². The molecule has 0 fully saturated rings. The molecule has 3 aromatic carbocycles. The van der Waals surface area contributed by atoms with Crippen LogP contribution in [0.4, 0.5) is 11.4 Å². The standard InChI is InChI=1S/C22H20N4O7S/c1-33-20-12-5-7-16(22(20)28)14-23-24-21(27)15-25(17-8-6-9-18(13-17)26(29)30)34(31,32)19-10-3-2-4-11-19/h2-14,28H,15H2,1H3,(H,24,27)/b23-14+. The molecular formula is C22H20N4O7S. The van der Waals surface area contributed by atoms with Crippen molar-refractivity contribution >= 4 is 33.5 Å². The maximum absolute atomic E-state index is 13.3. The monoisotopic (exact) mass is 484 g/mol. The molecule has 176 valence electrons. The molecule has 0 spiro atoms. The summed E-state index contributed by atoms with van der Waals surface area (Å²) in [4.78, 5) is 23.0. The number of methoxy groups -OCH3 is 1. The van der Waals surface area contributed by atoms with E-state index in [1.54, 1.807) is 12.1 Å². The van der Waals surface area contributed by atoms with Crippen LogP contribution >= 0.6 is 0 Å². The SMILES string of the molecule is COc1cccc(/C=N/NC(=O)CN(c2cccc([N+](=O)[O-])c2)S(=O)(=O)c2ccccc2)c1O. The summed E-state index contributed by atoms with van der Waals surface area (Å²) in [5.74, 6) is -0.793. The summed E-state index contributed by atoms with van der Waals surface area (Å²) >= 11 is 0. The lowest BCUT2D eigenvalue weighted by Gasteiger charge is -2.23. The van der Waals surface area contributed by atoms with Crippen LogP contribution in [-0.2, 0) is 14.8 Å². The maximum atomic E-state index is 13.3. The molecule has 0 bridgehead atoms. The first kappa shape index (κ1) is 24.2. The summed E-state index contributed by atoms with van der Waals surface area (Å²) in [7, 11) is -2.86. The van der Waals surface area contributed by atoms with E-state index in [1.807, 2.05) is 0 Å². The number of hydrazone groups is 1. The number of sulfonamides is 1. The lowest BCUT2D eigenvalue weighted by atomic mass is 10.2. The highest BCUT2D eigenvalue weighted by molar-refractivity contribution is 7.92. The van der Waals surface area contributed by atoms with E-state index in [9.17, 15) is 28.4 Å². The van der Waals surface area contributed by atoms with Crippen LogP contribution in [0.5, 0.6) is 11.5 Å². The van der Waals surface area contributed by atoms with Gasteiger partial charge in [0.05, 0.1) is 28.8 Å². The van der Waals surface area contributed by atoms with E-state index in [4.69, 9.17) is 4.74 Å². The Morgan fingerprint density at radius 1 is 1.15 bits per heavy atom. The van der Waals surface area contributed by atoms with Crippen LogP contribution in [-0.4, -0.2) is 44.2 Å². The van der Waals surface area contributed by atoms with Crippen molar-refractivity contribution in [3.8, 4) is 11.5 Å². The van der Waals surface area contributed by atoms with E-state index in [0.717, 1.165) is 10.4 Å². The van der Waals surface area contributed by atoms with Crippen LogP contribution in [0.3, 0.4) is 0 Å². The van der Waals surface area contributed by atoms with Crippen LogP contribution in [0.1, 0.15) is 5.56 Å². The number of carbonyl (C=O) groups is 1. The molecule has 0 saturated heterocycles. The number of para-hydroxylation sites is 1. The number of rotatable bonds is 9.